The van der Waals surface area contributed by atoms with Gasteiger partial charge in [-0.15, -0.1) is 0 Å². The zero-order valence-corrected chi connectivity index (χ0v) is 9.38. The Morgan fingerprint density at radius 2 is 2.29 bits per heavy atom. The highest BCUT2D eigenvalue weighted by molar-refractivity contribution is 6.30. The van der Waals surface area contributed by atoms with Crippen LogP contribution in [0.25, 0.3) is 0 Å². The fourth-order valence-corrected chi connectivity index (χ4v) is 1.43. The van der Waals surface area contributed by atoms with Gasteiger partial charge in [0.25, 0.3) is 0 Å². The van der Waals surface area contributed by atoms with Gasteiger partial charge in [0.2, 0.25) is 0 Å². The van der Waals surface area contributed by atoms with E-state index < -0.39 is 0 Å². The van der Waals surface area contributed by atoms with Crippen molar-refractivity contribution in [1.82, 2.24) is 4.98 Å². The van der Waals surface area contributed by atoms with Crippen molar-refractivity contribution in [3.63, 3.8) is 0 Å². The van der Waals surface area contributed by atoms with Crippen LogP contribution in [0.5, 0.6) is 0 Å². The highest BCUT2D eigenvalue weighted by Gasteiger charge is 2.06. The first-order valence-electron chi connectivity index (χ1n) is 4.77. The fourth-order valence-electron chi connectivity index (χ4n) is 1.27. The third-order valence-corrected chi connectivity index (χ3v) is 2.28. The van der Waals surface area contributed by atoms with Gasteiger partial charge in [0.15, 0.2) is 5.82 Å². The summed E-state index contributed by atoms with van der Waals surface area (Å²) in [6.45, 7) is 3.13. The van der Waals surface area contributed by atoms with Gasteiger partial charge in [-0.3, -0.25) is 0 Å². The van der Waals surface area contributed by atoms with Crippen LogP contribution in [0.15, 0.2) is 12.3 Å². The van der Waals surface area contributed by atoms with Crippen molar-refractivity contribution in [3.05, 3.63) is 17.3 Å². The highest BCUT2D eigenvalue weighted by atomic mass is 35.5. The van der Waals surface area contributed by atoms with Crippen molar-refractivity contribution in [3.8, 4) is 0 Å². The Balaban J connectivity index is 2.74. The first-order chi connectivity index (χ1) is 6.65. The molecule has 0 aromatic carbocycles. The number of nitrogen functional groups attached to an aromatic ring is 1. The van der Waals surface area contributed by atoms with E-state index in [1.54, 1.807) is 12.3 Å². The van der Waals surface area contributed by atoms with Crippen molar-refractivity contribution in [2.45, 2.75) is 19.8 Å². The molecule has 0 fully saturated rings. The van der Waals surface area contributed by atoms with Gasteiger partial charge < -0.3 is 10.6 Å². The number of anilines is 2. The maximum Gasteiger partial charge on any atom is 0.151 e. The summed E-state index contributed by atoms with van der Waals surface area (Å²) in [6.07, 6.45) is 3.92. The number of hydrogen-bond donors (Lipinski definition) is 1. The lowest BCUT2D eigenvalue weighted by Gasteiger charge is -2.19. The third-order valence-electron chi connectivity index (χ3n) is 2.07. The Bertz CT molecular complexity index is 301. The molecule has 3 nitrogen and oxygen atoms in total. The smallest absolute Gasteiger partial charge is 0.151 e. The van der Waals surface area contributed by atoms with E-state index in [-0.39, 0.29) is 0 Å². The first-order valence-corrected chi connectivity index (χ1v) is 5.15. The van der Waals surface area contributed by atoms with Crippen LogP contribution in [0.3, 0.4) is 0 Å². The Labute approximate surface area is 89.9 Å². The highest BCUT2D eigenvalue weighted by Crippen LogP contribution is 2.22. The number of nitrogens with zero attached hydrogens (tertiary/aromatic N) is 2. The first kappa shape index (κ1) is 11.1. The summed E-state index contributed by atoms with van der Waals surface area (Å²) < 4.78 is 0. The second-order valence-electron chi connectivity index (χ2n) is 3.34. The van der Waals surface area contributed by atoms with Crippen LogP contribution in [0.2, 0.25) is 5.02 Å². The minimum atomic E-state index is 0.579. The molecule has 0 atom stereocenters. The van der Waals surface area contributed by atoms with E-state index in [1.807, 2.05) is 7.05 Å². The number of nitrogens with two attached hydrogens (primary N) is 1. The Kier molecular flexibility index (Phi) is 4.01. The zero-order valence-electron chi connectivity index (χ0n) is 8.63. The SMILES string of the molecule is CCCCN(C)c1ncc(Cl)cc1N. The van der Waals surface area contributed by atoms with E-state index in [0.717, 1.165) is 25.2 Å². The number of rotatable bonds is 4. The van der Waals surface area contributed by atoms with E-state index in [2.05, 4.69) is 16.8 Å². The van der Waals surface area contributed by atoms with Gasteiger partial charge >= 0.3 is 0 Å². The molecule has 78 valence electrons. The Hall–Kier alpha value is -0.960. The number of hydrogen-bond acceptors (Lipinski definition) is 3. The van der Waals surface area contributed by atoms with Gasteiger partial charge in [0.05, 0.1) is 10.7 Å². The maximum absolute atomic E-state index is 5.81. The molecule has 1 aromatic rings. The molecule has 14 heavy (non-hydrogen) atoms. The van der Waals surface area contributed by atoms with Crippen LogP contribution in [0.4, 0.5) is 11.5 Å². The second kappa shape index (κ2) is 5.05. The molecule has 0 bridgehead atoms. The lowest BCUT2D eigenvalue weighted by Crippen LogP contribution is -2.20. The van der Waals surface area contributed by atoms with Gasteiger partial charge in [0.1, 0.15) is 0 Å². The number of unbranched alkanes of at least 4 members (excludes halogenated alkanes) is 1. The molecule has 0 saturated carbocycles. The number of aromatic nitrogens is 1. The lowest BCUT2D eigenvalue weighted by atomic mass is 10.3. The maximum atomic E-state index is 5.81. The topological polar surface area (TPSA) is 42.2 Å². The van der Waals surface area contributed by atoms with Crippen LogP contribution < -0.4 is 10.6 Å². The van der Waals surface area contributed by atoms with Crippen molar-refractivity contribution in [2.24, 2.45) is 0 Å². The summed E-state index contributed by atoms with van der Waals surface area (Å²) in [5.74, 6) is 0.808. The summed E-state index contributed by atoms with van der Waals surface area (Å²) in [7, 11) is 1.99. The van der Waals surface area contributed by atoms with Crippen LogP contribution in [0, 0.1) is 0 Å². The molecule has 1 aromatic heterocycles. The average molecular weight is 214 g/mol. The van der Waals surface area contributed by atoms with Crippen molar-refractivity contribution >= 4 is 23.1 Å². The van der Waals surface area contributed by atoms with E-state index in [9.17, 15) is 0 Å². The van der Waals surface area contributed by atoms with E-state index in [0.29, 0.717) is 10.7 Å². The van der Waals surface area contributed by atoms with Crippen LogP contribution >= 0.6 is 11.6 Å². The molecule has 1 heterocycles. The summed E-state index contributed by atoms with van der Waals surface area (Å²) >= 11 is 5.76. The lowest BCUT2D eigenvalue weighted by molar-refractivity contribution is 0.760. The molecule has 4 heteroatoms. The number of pyridine rings is 1. The molecular formula is C10H16ClN3. The van der Waals surface area contributed by atoms with Crippen LogP contribution in [-0.2, 0) is 0 Å². The van der Waals surface area contributed by atoms with Crippen LogP contribution in [-0.4, -0.2) is 18.6 Å². The summed E-state index contributed by atoms with van der Waals surface area (Å²) in [5.41, 5.74) is 6.44. The molecule has 0 radical (unpaired) electrons. The summed E-state index contributed by atoms with van der Waals surface area (Å²) in [5, 5.41) is 0.579. The zero-order chi connectivity index (χ0) is 10.6. The Morgan fingerprint density at radius 3 is 2.86 bits per heavy atom. The molecule has 2 N–H and O–H groups in total. The fraction of sp³-hybridized carbons (Fsp3) is 0.500. The van der Waals surface area contributed by atoms with E-state index in [4.69, 9.17) is 17.3 Å². The van der Waals surface area contributed by atoms with Crippen molar-refractivity contribution < 1.29 is 0 Å². The standard InChI is InChI=1S/C10H16ClN3/c1-3-4-5-14(2)10-9(12)6-8(11)7-13-10/h6-7H,3-5,12H2,1-2H3. The molecule has 0 unspecified atom stereocenters. The quantitative estimate of drug-likeness (QED) is 0.836. The van der Waals surface area contributed by atoms with Crippen LogP contribution in [0.1, 0.15) is 19.8 Å². The van der Waals surface area contributed by atoms with Crippen molar-refractivity contribution in [1.29, 1.82) is 0 Å². The molecule has 0 amide bonds. The minimum absolute atomic E-state index is 0.579. The number of halogens is 1. The monoisotopic (exact) mass is 213 g/mol. The van der Waals surface area contributed by atoms with Gasteiger partial charge in [-0.25, -0.2) is 4.98 Å². The largest absolute Gasteiger partial charge is 0.396 e. The molecule has 0 aliphatic carbocycles. The van der Waals surface area contributed by atoms with Gasteiger partial charge in [0, 0.05) is 19.8 Å². The molecule has 0 aliphatic rings. The minimum Gasteiger partial charge on any atom is -0.396 e. The average Bonchev–Trinajstić information content (AvgIpc) is 2.14. The van der Waals surface area contributed by atoms with E-state index in [1.165, 1.54) is 0 Å². The second-order valence-corrected chi connectivity index (χ2v) is 3.78. The normalized spacial score (nSPS) is 10.2. The molecular weight excluding hydrogens is 198 g/mol. The third kappa shape index (κ3) is 2.77. The predicted molar refractivity (Wildman–Crippen MR) is 61.8 cm³/mol. The Morgan fingerprint density at radius 1 is 1.57 bits per heavy atom. The summed E-state index contributed by atoms with van der Waals surface area (Å²) in [6, 6.07) is 1.73. The van der Waals surface area contributed by atoms with E-state index >= 15 is 0 Å². The molecule has 1 rings (SSSR count). The van der Waals surface area contributed by atoms with Crippen molar-refractivity contribution in [2.75, 3.05) is 24.2 Å². The molecule has 0 aliphatic heterocycles. The predicted octanol–water partition coefficient (Wildman–Crippen LogP) is 2.55. The van der Waals surface area contributed by atoms with Gasteiger partial charge in [-0.2, -0.15) is 0 Å². The molecule has 0 spiro atoms. The molecule has 0 saturated heterocycles. The summed E-state index contributed by atoms with van der Waals surface area (Å²) in [4.78, 5) is 6.25. The van der Waals surface area contributed by atoms with Gasteiger partial charge in [-0.1, -0.05) is 24.9 Å². The van der Waals surface area contributed by atoms with Gasteiger partial charge in [-0.05, 0) is 12.5 Å².